The van der Waals surface area contributed by atoms with E-state index in [9.17, 15) is 9.59 Å². The fourth-order valence-electron chi connectivity index (χ4n) is 5.90. The molecule has 3 aromatic rings. The van der Waals surface area contributed by atoms with Crippen molar-refractivity contribution in [3.8, 4) is 0 Å². The molecular weight excluding hydrogens is 446 g/mol. The SMILES string of the molecule is Cc1cccc(C)c1C(=O)N1CC2CN(CCC(NC(=O)c3ccccc3)c3ccccc3)CC2C1. The second-order valence-corrected chi connectivity index (χ2v) is 10.3. The summed E-state index contributed by atoms with van der Waals surface area (Å²) in [5, 5.41) is 3.26. The number of amides is 2. The van der Waals surface area contributed by atoms with Crippen molar-refractivity contribution in [3.63, 3.8) is 0 Å². The Morgan fingerprint density at radius 1 is 0.806 bits per heavy atom. The average Bonchev–Trinajstić information content (AvgIpc) is 3.46. The van der Waals surface area contributed by atoms with E-state index in [4.69, 9.17) is 0 Å². The summed E-state index contributed by atoms with van der Waals surface area (Å²) in [7, 11) is 0. The molecule has 5 nitrogen and oxygen atoms in total. The van der Waals surface area contributed by atoms with Crippen LogP contribution in [-0.2, 0) is 0 Å². The lowest BCUT2D eigenvalue weighted by atomic mass is 10.0. The Bertz CT molecular complexity index is 1180. The van der Waals surface area contributed by atoms with E-state index in [0.29, 0.717) is 17.4 Å². The molecule has 0 bridgehead atoms. The largest absolute Gasteiger partial charge is 0.345 e. The fraction of sp³-hybridized carbons (Fsp3) is 0.355. The number of aryl methyl sites for hydroxylation is 2. The number of hydrogen-bond acceptors (Lipinski definition) is 3. The zero-order valence-corrected chi connectivity index (χ0v) is 21.2. The fourth-order valence-corrected chi connectivity index (χ4v) is 5.90. The van der Waals surface area contributed by atoms with Crippen LogP contribution >= 0.6 is 0 Å². The highest BCUT2D eigenvalue weighted by molar-refractivity contribution is 5.97. The summed E-state index contributed by atoms with van der Waals surface area (Å²) in [5.74, 6) is 1.18. The smallest absolute Gasteiger partial charge is 0.254 e. The van der Waals surface area contributed by atoms with Crippen molar-refractivity contribution in [3.05, 3.63) is 107 Å². The Morgan fingerprint density at radius 3 is 2.00 bits per heavy atom. The van der Waals surface area contributed by atoms with E-state index >= 15 is 0 Å². The first kappa shape index (κ1) is 24.3. The summed E-state index contributed by atoms with van der Waals surface area (Å²) in [4.78, 5) is 30.7. The van der Waals surface area contributed by atoms with Crippen molar-refractivity contribution in [2.24, 2.45) is 11.8 Å². The van der Waals surface area contributed by atoms with Gasteiger partial charge in [-0.25, -0.2) is 0 Å². The molecule has 5 heteroatoms. The molecule has 2 aliphatic heterocycles. The van der Waals surface area contributed by atoms with Gasteiger partial charge in [-0.1, -0.05) is 66.7 Å². The minimum atomic E-state index is -0.0403. The molecular formula is C31H35N3O2. The van der Waals surface area contributed by atoms with Crippen LogP contribution in [-0.4, -0.2) is 54.3 Å². The van der Waals surface area contributed by atoms with E-state index in [-0.39, 0.29) is 17.9 Å². The topological polar surface area (TPSA) is 52.7 Å². The van der Waals surface area contributed by atoms with Crippen molar-refractivity contribution < 1.29 is 9.59 Å². The minimum Gasteiger partial charge on any atom is -0.345 e. The van der Waals surface area contributed by atoms with Crippen LogP contribution < -0.4 is 5.32 Å². The molecule has 2 saturated heterocycles. The maximum absolute atomic E-state index is 13.3. The monoisotopic (exact) mass is 481 g/mol. The van der Waals surface area contributed by atoms with Crippen molar-refractivity contribution >= 4 is 11.8 Å². The van der Waals surface area contributed by atoms with Gasteiger partial charge in [0.25, 0.3) is 11.8 Å². The number of likely N-dealkylation sites (tertiary alicyclic amines) is 2. The quantitative estimate of drug-likeness (QED) is 0.524. The number of hydrogen-bond donors (Lipinski definition) is 1. The molecule has 0 spiro atoms. The zero-order chi connectivity index (χ0) is 25.1. The molecule has 2 fully saturated rings. The van der Waals surface area contributed by atoms with Gasteiger partial charge in [-0.05, 0) is 60.9 Å². The van der Waals surface area contributed by atoms with Crippen molar-refractivity contribution in [2.75, 3.05) is 32.7 Å². The third-order valence-corrected chi connectivity index (χ3v) is 7.82. The van der Waals surface area contributed by atoms with Crippen LogP contribution in [0, 0.1) is 25.7 Å². The third-order valence-electron chi connectivity index (χ3n) is 7.82. The summed E-state index contributed by atoms with van der Waals surface area (Å²) in [5.41, 5.74) is 4.80. The molecule has 5 rings (SSSR count). The zero-order valence-electron chi connectivity index (χ0n) is 21.2. The Morgan fingerprint density at radius 2 is 1.39 bits per heavy atom. The van der Waals surface area contributed by atoms with E-state index in [0.717, 1.165) is 61.4 Å². The molecule has 2 heterocycles. The Hall–Kier alpha value is -3.44. The summed E-state index contributed by atoms with van der Waals surface area (Å²) in [6.45, 7) is 8.66. The lowest BCUT2D eigenvalue weighted by Crippen LogP contribution is -2.35. The summed E-state index contributed by atoms with van der Waals surface area (Å²) < 4.78 is 0. The Balaban J connectivity index is 1.19. The van der Waals surface area contributed by atoms with Gasteiger partial charge in [0.2, 0.25) is 0 Å². The molecule has 0 aliphatic carbocycles. The number of benzene rings is 3. The third kappa shape index (κ3) is 5.21. The maximum atomic E-state index is 13.3. The Labute approximate surface area is 214 Å². The normalized spacial score (nSPS) is 20.2. The van der Waals surface area contributed by atoms with Gasteiger partial charge in [-0.2, -0.15) is 0 Å². The summed E-state index contributed by atoms with van der Waals surface area (Å²) in [6, 6.07) is 25.7. The van der Waals surface area contributed by atoms with Gasteiger partial charge in [0.05, 0.1) is 6.04 Å². The van der Waals surface area contributed by atoms with Crippen LogP contribution in [0.25, 0.3) is 0 Å². The lowest BCUT2D eigenvalue weighted by molar-refractivity contribution is 0.0772. The van der Waals surface area contributed by atoms with E-state index in [1.807, 2.05) is 80.6 Å². The van der Waals surface area contributed by atoms with Crippen molar-refractivity contribution in [1.29, 1.82) is 0 Å². The second kappa shape index (κ2) is 10.7. The highest BCUT2D eigenvalue weighted by atomic mass is 16.2. The average molecular weight is 482 g/mol. The molecule has 3 unspecified atom stereocenters. The summed E-state index contributed by atoms with van der Waals surface area (Å²) >= 11 is 0. The van der Waals surface area contributed by atoms with E-state index in [2.05, 4.69) is 27.2 Å². The predicted molar refractivity (Wildman–Crippen MR) is 143 cm³/mol. The lowest BCUT2D eigenvalue weighted by Gasteiger charge is -2.25. The molecule has 1 N–H and O–H groups in total. The summed E-state index contributed by atoms with van der Waals surface area (Å²) in [6.07, 6.45) is 0.854. The number of carbonyl (C=O) groups excluding carboxylic acids is 2. The van der Waals surface area contributed by atoms with Crippen molar-refractivity contribution in [2.45, 2.75) is 26.3 Å². The minimum absolute atomic E-state index is 0.0385. The van der Waals surface area contributed by atoms with E-state index < -0.39 is 0 Å². The van der Waals surface area contributed by atoms with Gasteiger partial charge in [0, 0.05) is 43.9 Å². The van der Waals surface area contributed by atoms with Crippen LogP contribution in [0.1, 0.15) is 49.9 Å². The Kier molecular flexibility index (Phi) is 7.19. The maximum Gasteiger partial charge on any atom is 0.254 e. The van der Waals surface area contributed by atoms with Crippen LogP contribution in [0.4, 0.5) is 0 Å². The molecule has 186 valence electrons. The highest BCUT2D eigenvalue weighted by Crippen LogP contribution is 2.33. The van der Waals surface area contributed by atoms with Gasteiger partial charge in [0.1, 0.15) is 0 Å². The molecule has 0 saturated carbocycles. The second-order valence-electron chi connectivity index (χ2n) is 10.3. The van der Waals surface area contributed by atoms with Gasteiger partial charge in [-0.3, -0.25) is 9.59 Å². The molecule has 0 radical (unpaired) electrons. The molecule has 2 aliphatic rings. The van der Waals surface area contributed by atoms with Crippen LogP contribution in [0.3, 0.4) is 0 Å². The highest BCUT2D eigenvalue weighted by Gasteiger charge is 2.42. The first-order chi connectivity index (χ1) is 17.5. The van der Waals surface area contributed by atoms with Crippen LogP contribution in [0.2, 0.25) is 0 Å². The molecule has 0 aromatic heterocycles. The standard InChI is InChI=1S/C31H35N3O2/c1-22-10-9-11-23(2)29(22)31(36)34-20-26-18-33(19-27(26)21-34)17-16-28(24-12-5-3-6-13-24)32-30(35)25-14-7-4-8-15-25/h3-15,26-28H,16-21H2,1-2H3,(H,32,35). The van der Waals surface area contributed by atoms with Gasteiger partial charge >= 0.3 is 0 Å². The van der Waals surface area contributed by atoms with E-state index in [1.54, 1.807) is 0 Å². The van der Waals surface area contributed by atoms with Crippen LogP contribution in [0.15, 0.2) is 78.9 Å². The van der Waals surface area contributed by atoms with Crippen LogP contribution in [0.5, 0.6) is 0 Å². The van der Waals surface area contributed by atoms with Gasteiger partial charge < -0.3 is 15.1 Å². The number of nitrogens with zero attached hydrogens (tertiary/aromatic N) is 2. The van der Waals surface area contributed by atoms with E-state index in [1.165, 1.54) is 0 Å². The number of fused-ring (bicyclic) bond motifs is 1. The first-order valence-electron chi connectivity index (χ1n) is 13.0. The molecule has 3 aromatic carbocycles. The number of carbonyl (C=O) groups is 2. The van der Waals surface area contributed by atoms with Gasteiger partial charge in [0.15, 0.2) is 0 Å². The van der Waals surface area contributed by atoms with Gasteiger partial charge in [-0.15, -0.1) is 0 Å². The van der Waals surface area contributed by atoms with Crippen molar-refractivity contribution in [1.82, 2.24) is 15.1 Å². The molecule has 3 atom stereocenters. The number of nitrogens with one attached hydrogen (secondary N) is 1. The number of rotatable bonds is 7. The molecule has 36 heavy (non-hydrogen) atoms. The first-order valence-corrected chi connectivity index (χ1v) is 13.0. The predicted octanol–water partition coefficient (Wildman–Crippen LogP) is 4.87. The molecule has 2 amide bonds.